The van der Waals surface area contributed by atoms with E-state index in [1.807, 2.05) is 12.2 Å². The number of hydrogen-bond acceptors (Lipinski definition) is 5. The van der Waals surface area contributed by atoms with Gasteiger partial charge in [0.05, 0.1) is 13.0 Å². The molecule has 0 bridgehead atoms. The summed E-state index contributed by atoms with van der Waals surface area (Å²) in [6, 6.07) is 0. The quantitative estimate of drug-likeness (QED) is 0.0363. The van der Waals surface area contributed by atoms with E-state index >= 15 is 0 Å². The first-order valence-corrected chi connectivity index (χ1v) is 21.1. The van der Waals surface area contributed by atoms with Crippen molar-refractivity contribution in [2.24, 2.45) is 0 Å². The van der Waals surface area contributed by atoms with E-state index in [1.54, 1.807) is 0 Å². The maximum atomic E-state index is 12.7. The number of rotatable bonds is 37. The lowest BCUT2D eigenvalue weighted by Crippen LogP contribution is -2.30. The van der Waals surface area contributed by atoms with Gasteiger partial charge in [0, 0.05) is 13.0 Å². The van der Waals surface area contributed by atoms with Crippen molar-refractivity contribution < 1.29 is 23.8 Å². The van der Waals surface area contributed by atoms with Gasteiger partial charge in [0.1, 0.15) is 6.61 Å². The van der Waals surface area contributed by atoms with E-state index in [-0.39, 0.29) is 31.6 Å². The molecule has 0 aromatic rings. The highest BCUT2D eigenvalue weighted by molar-refractivity contribution is 5.71. The molecule has 0 rings (SSSR count). The fourth-order valence-electron chi connectivity index (χ4n) is 5.32. The van der Waals surface area contributed by atoms with Crippen LogP contribution in [0.25, 0.3) is 0 Å². The summed E-state index contributed by atoms with van der Waals surface area (Å²) in [4.78, 5) is 25.1. The molecule has 0 aliphatic carbocycles. The van der Waals surface area contributed by atoms with Crippen molar-refractivity contribution in [3.05, 3.63) is 85.1 Å². The van der Waals surface area contributed by atoms with Gasteiger partial charge >= 0.3 is 11.9 Å². The normalized spacial score (nSPS) is 13.1. The van der Waals surface area contributed by atoms with Gasteiger partial charge in [-0.25, -0.2) is 0 Å². The lowest BCUT2D eigenvalue weighted by molar-refractivity contribution is -0.162. The molecule has 0 aromatic carbocycles. The molecule has 0 aliphatic rings. The van der Waals surface area contributed by atoms with Crippen LogP contribution >= 0.6 is 0 Å². The molecule has 0 heterocycles. The first kappa shape index (κ1) is 49.1. The number of carbonyl (C=O) groups excluding carboxylic acids is 2. The average Bonchev–Trinajstić information content (AvgIpc) is 3.14. The molecule has 0 amide bonds. The summed E-state index contributed by atoms with van der Waals surface area (Å²) in [5, 5.41) is 0. The molecule has 0 fully saturated rings. The molecular formula is C47H78O5. The Kier molecular flexibility index (Phi) is 40.1. The number of unbranched alkanes of at least 4 members (excludes halogenated alkanes) is 13. The topological polar surface area (TPSA) is 61.8 Å². The molecule has 0 aliphatic heterocycles. The molecule has 0 saturated heterocycles. The number of carbonyl (C=O) groups is 2. The fourth-order valence-corrected chi connectivity index (χ4v) is 5.32. The molecule has 5 nitrogen and oxygen atoms in total. The molecule has 0 radical (unpaired) electrons. The summed E-state index contributed by atoms with van der Waals surface area (Å²) in [6.07, 6.45) is 54.6. The lowest BCUT2D eigenvalue weighted by Gasteiger charge is -2.18. The minimum atomic E-state index is -0.581. The van der Waals surface area contributed by atoms with E-state index < -0.39 is 6.10 Å². The predicted molar refractivity (Wildman–Crippen MR) is 223 cm³/mol. The second-order valence-electron chi connectivity index (χ2n) is 13.5. The number of allylic oxidation sites excluding steroid dienone is 13. The lowest BCUT2D eigenvalue weighted by atomic mass is 10.1. The SMILES string of the molecule is CC/C=C\C/C=C\C/C=C\C/C=C\C/C=C\CC(=O)OCC(COCCCCCCCCCC)OC(=O)CCCCCCC/C=C\C/C=C\CCC. The summed E-state index contributed by atoms with van der Waals surface area (Å²) < 4.78 is 17.1. The molecule has 0 N–H and O–H groups in total. The molecule has 1 unspecified atom stereocenters. The summed E-state index contributed by atoms with van der Waals surface area (Å²) in [5.74, 6) is -0.568. The third-order valence-electron chi connectivity index (χ3n) is 8.43. The Balaban J connectivity index is 4.39. The van der Waals surface area contributed by atoms with Crippen LogP contribution in [-0.2, 0) is 23.8 Å². The Bertz CT molecular complexity index is 999. The van der Waals surface area contributed by atoms with Gasteiger partial charge in [0.15, 0.2) is 6.10 Å². The maximum Gasteiger partial charge on any atom is 0.309 e. The van der Waals surface area contributed by atoms with Gasteiger partial charge < -0.3 is 14.2 Å². The number of ether oxygens (including phenoxy) is 3. The minimum Gasteiger partial charge on any atom is -0.461 e. The second kappa shape index (κ2) is 42.5. The zero-order valence-electron chi connectivity index (χ0n) is 33.8. The van der Waals surface area contributed by atoms with E-state index in [0.29, 0.717) is 13.0 Å². The molecule has 0 saturated carbocycles. The Hall–Kier alpha value is -2.92. The number of esters is 2. The monoisotopic (exact) mass is 723 g/mol. The van der Waals surface area contributed by atoms with Gasteiger partial charge in [-0.3, -0.25) is 9.59 Å². The van der Waals surface area contributed by atoms with Crippen LogP contribution in [0.15, 0.2) is 85.1 Å². The highest BCUT2D eigenvalue weighted by atomic mass is 16.6. The largest absolute Gasteiger partial charge is 0.461 e. The highest BCUT2D eigenvalue weighted by Gasteiger charge is 2.17. The Morgan fingerprint density at radius 1 is 0.462 bits per heavy atom. The van der Waals surface area contributed by atoms with E-state index in [2.05, 4.69) is 93.7 Å². The van der Waals surface area contributed by atoms with E-state index in [4.69, 9.17) is 14.2 Å². The molecule has 52 heavy (non-hydrogen) atoms. The van der Waals surface area contributed by atoms with Crippen LogP contribution in [0.3, 0.4) is 0 Å². The van der Waals surface area contributed by atoms with Crippen molar-refractivity contribution in [1.29, 1.82) is 0 Å². The molecule has 5 heteroatoms. The van der Waals surface area contributed by atoms with Crippen molar-refractivity contribution in [1.82, 2.24) is 0 Å². The van der Waals surface area contributed by atoms with Gasteiger partial charge in [-0.2, -0.15) is 0 Å². The molecule has 0 spiro atoms. The van der Waals surface area contributed by atoms with Crippen LogP contribution in [-0.4, -0.2) is 37.9 Å². The maximum absolute atomic E-state index is 12.7. The summed E-state index contributed by atoms with van der Waals surface area (Å²) in [5.41, 5.74) is 0. The summed E-state index contributed by atoms with van der Waals surface area (Å²) in [6.45, 7) is 7.48. The van der Waals surface area contributed by atoms with Crippen LogP contribution in [0.1, 0.15) is 175 Å². The van der Waals surface area contributed by atoms with Gasteiger partial charge in [-0.05, 0) is 70.6 Å². The van der Waals surface area contributed by atoms with Gasteiger partial charge in [0.2, 0.25) is 0 Å². The third-order valence-corrected chi connectivity index (χ3v) is 8.43. The van der Waals surface area contributed by atoms with Crippen molar-refractivity contribution in [3.8, 4) is 0 Å². The van der Waals surface area contributed by atoms with Crippen molar-refractivity contribution in [2.45, 2.75) is 181 Å². The summed E-state index contributed by atoms with van der Waals surface area (Å²) in [7, 11) is 0. The Morgan fingerprint density at radius 2 is 0.962 bits per heavy atom. The predicted octanol–water partition coefficient (Wildman–Crippen LogP) is 13.8. The molecule has 296 valence electrons. The minimum absolute atomic E-state index is 0.0224. The Morgan fingerprint density at radius 3 is 1.56 bits per heavy atom. The van der Waals surface area contributed by atoms with Crippen LogP contribution in [0.5, 0.6) is 0 Å². The van der Waals surface area contributed by atoms with Crippen molar-refractivity contribution >= 4 is 11.9 Å². The molecule has 0 aromatic heterocycles. The van der Waals surface area contributed by atoms with Gasteiger partial charge in [-0.1, -0.05) is 176 Å². The third kappa shape index (κ3) is 39.9. The van der Waals surface area contributed by atoms with Crippen LogP contribution in [0, 0.1) is 0 Å². The second-order valence-corrected chi connectivity index (χ2v) is 13.5. The molecular weight excluding hydrogens is 645 g/mol. The van der Waals surface area contributed by atoms with E-state index in [9.17, 15) is 9.59 Å². The van der Waals surface area contributed by atoms with E-state index in [1.165, 1.54) is 57.8 Å². The molecule has 1 atom stereocenters. The fraction of sp³-hybridized carbons (Fsp3) is 0.660. The van der Waals surface area contributed by atoms with Gasteiger partial charge in [-0.15, -0.1) is 0 Å². The van der Waals surface area contributed by atoms with Crippen molar-refractivity contribution in [3.63, 3.8) is 0 Å². The standard InChI is InChI=1S/C47H78O5/c1-4-7-10-13-16-19-21-23-24-26-27-29-31-34-37-40-46(48)51-44-45(43-50-42-39-36-33-18-15-12-9-6-3)52-47(49)41-38-35-32-30-28-25-22-20-17-14-11-8-5-2/h7,10-11,14,16,19-20,22-24,27,29,34,37,45H,4-6,8-9,12-13,15,17-18,21,25-26,28,30-33,35-36,38-44H2,1-3H3/b10-7-,14-11-,19-16-,22-20-,24-23-,29-27-,37-34-. The smallest absolute Gasteiger partial charge is 0.309 e. The zero-order valence-corrected chi connectivity index (χ0v) is 33.8. The summed E-state index contributed by atoms with van der Waals surface area (Å²) >= 11 is 0. The van der Waals surface area contributed by atoms with Crippen LogP contribution in [0.4, 0.5) is 0 Å². The Labute approximate surface area is 320 Å². The van der Waals surface area contributed by atoms with Crippen molar-refractivity contribution in [2.75, 3.05) is 19.8 Å². The van der Waals surface area contributed by atoms with E-state index in [0.717, 1.165) is 83.5 Å². The van der Waals surface area contributed by atoms with Crippen LogP contribution in [0.2, 0.25) is 0 Å². The first-order chi connectivity index (χ1) is 25.6. The average molecular weight is 723 g/mol. The highest BCUT2D eigenvalue weighted by Crippen LogP contribution is 2.11. The zero-order chi connectivity index (χ0) is 37.8. The number of hydrogen-bond donors (Lipinski definition) is 0. The first-order valence-electron chi connectivity index (χ1n) is 21.1. The van der Waals surface area contributed by atoms with Gasteiger partial charge in [0.25, 0.3) is 0 Å². The van der Waals surface area contributed by atoms with Crippen LogP contribution < -0.4 is 0 Å².